The molecule has 2 rings (SSSR count). The molecule has 1 amide bonds. The summed E-state index contributed by atoms with van der Waals surface area (Å²) < 4.78 is 5.73. The number of ether oxygens (including phenoxy) is 1. The fourth-order valence-corrected chi connectivity index (χ4v) is 2.67. The molecule has 0 heterocycles. The van der Waals surface area contributed by atoms with E-state index >= 15 is 0 Å². The molecule has 0 spiro atoms. The van der Waals surface area contributed by atoms with Crippen molar-refractivity contribution in [1.82, 2.24) is 5.32 Å². The van der Waals surface area contributed by atoms with Crippen LogP contribution in [0.5, 0.6) is 5.75 Å². The number of carbonyl (C=O) groups excluding carboxylic acids is 1. The van der Waals surface area contributed by atoms with Crippen molar-refractivity contribution in [2.24, 2.45) is 0 Å². The van der Waals surface area contributed by atoms with Crippen molar-refractivity contribution in [3.8, 4) is 5.75 Å². The normalized spacial score (nSPS) is 15.8. The standard InChI is InChI=1S/C17H26N2O2/c1-13(2)21-16-11-7-6-10-15(16)18-12-17(20)19-14-8-4-3-5-9-14/h6-7,10-11,13-14,18H,3-5,8-9,12H2,1-2H3,(H,19,20). The monoisotopic (exact) mass is 290 g/mol. The predicted octanol–water partition coefficient (Wildman–Crippen LogP) is 3.33. The van der Waals surface area contributed by atoms with E-state index in [1.54, 1.807) is 0 Å². The van der Waals surface area contributed by atoms with Gasteiger partial charge in [0.2, 0.25) is 5.91 Å². The Kier molecular flexibility index (Phi) is 5.90. The minimum Gasteiger partial charge on any atom is -0.489 e. The lowest BCUT2D eigenvalue weighted by atomic mass is 9.95. The van der Waals surface area contributed by atoms with Crippen LogP contribution in [0.25, 0.3) is 0 Å². The number of amides is 1. The van der Waals surface area contributed by atoms with Crippen LogP contribution in [-0.4, -0.2) is 24.6 Å². The molecule has 0 aromatic heterocycles. The molecule has 1 aromatic rings. The molecule has 21 heavy (non-hydrogen) atoms. The Balaban J connectivity index is 1.83. The van der Waals surface area contributed by atoms with Crippen LogP contribution in [0.4, 0.5) is 5.69 Å². The smallest absolute Gasteiger partial charge is 0.239 e. The van der Waals surface area contributed by atoms with E-state index in [-0.39, 0.29) is 18.6 Å². The third-order valence-electron chi connectivity index (χ3n) is 3.66. The molecule has 0 unspecified atom stereocenters. The number of hydrogen-bond acceptors (Lipinski definition) is 3. The van der Waals surface area contributed by atoms with Gasteiger partial charge >= 0.3 is 0 Å². The maximum atomic E-state index is 12.0. The predicted molar refractivity (Wildman–Crippen MR) is 85.7 cm³/mol. The third kappa shape index (κ3) is 5.29. The second kappa shape index (κ2) is 7.91. The number of rotatable bonds is 6. The molecule has 1 aliphatic rings. The van der Waals surface area contributed by atoms with Gasteiger partial charge in [-0.15, -0.1) is 0 Å². The fourth-order valence-electron chi connectivity index (χ4n) is 2.67. The van der Waals surface area contributed by atoms with Gasteiger partial charge in [-0.1, -0.05) is 31.4 Å². The summed E-state index contributed by atoms with van der Waals surface area (Å²) in [6.07, 6.45) is 6.08. The first-order chi connectivity index (χ1) is 10.1. The quantitative estimate of drug-likeness (QED) is 0.845. The van der Waals surface area contributed by atoms with Crippen LogP contribution in [0.2, 0.25) is 0 Å². The molecule has 2 N–H and O–H groups in total. The van der Waals surface area contributed by atoms with Crippen LogP contribution in [0.1, 0.15) is 46.0 Å². The number of benzene rings is 1. The van der Waals surface area contributed by atoms with Gasteiger partial charge in [0.25, 0.3) is 0 Å². The summed E-state index contributed by atoms with van der Waals surface area (Å²) in [6, 6.07) is 8.09. The summed E-state index contributed by atoms with van der Waals surface area (Å²) in [5, 5.41) is 6.28. The Morgan fingerprint density at radius 3 is 2.67 bits per heavy atom. The molecular weight excluding hydrogens is 264 g/mol. The summed E-state index contributed by atoms with van der Waals surface area (Å²) in [4.78, 5) is 12.0. The zero-order valence-corrected chi connectivity index (χ0v) is 13.0. The average Bonchev–Trinajstić information content (AvgIpc) is 2.47. The first kappa shape index (κ1) is 15.7. The number of anilines is 1. The first-order valence-electron chi connectivity index (χ1n) is 7.94. The summed E-state index contributed by atoms with van der Waals surface area (Å²) in [6.45, 7) is 4.27. The van der Waals surface area contributed by atoms with E-state index in [1.165, 1.54) is 19.3 Å². The molecule has 0 atom stereocenters. The minimum atomic E-state index is 0.0567. The molecule has 1 saturated carbocycles. The highest BCUT2D eigenvalue weighted by molar-refractivity contribution is 5.81. The van der Waals surface area contributed by atoms with Crippen molar-refractivity contribution in [3.63, 3.8) is 0 Å². The maximum Gasteiger partial charge on any atom is 0.239 e. The van der Waals surface area contributed by atoms with E-state index in [1.807, 2.05) is 38.1 Å². The first-order valence-corrected chi connectivity index (χ1v) is 7.94. The van der Waals surface area contributed by atoms with Gasteiger partial charge in [-0.25, -0.2) is 0 Å². The van der Waals surface area contributed by atoms with Gasteiger partial charge in [0, 0.05) is 6.04 Å². The van der Waals surface area contributed by atoms with E-state index in [2.05, 4.69) is 10.6 Å². The van der Waals surface area contributed by atoms with Crippen LogP contribution in [0.3, 0.4) is 0 Å². The van der Waals surface area contributed by atoms with Gasteiger partial charge in [0.15, 0.2) is 0 Å². The lowest BCUT2D eigenvalue weighted by Gasteiger charge is -2.23. The van der Waals surface area contributed by atoms with Gasteiger partial charge in [0.1, 0.15) is 5.75 Å². The number of hydrogen-bond donors (Lipinski definition) is 2. The Morgan fingerprint density at radius 1 is 1.24 bits per heavy atom. The van der Waals surface area contributed by atoms with E-state index in [9.17, 15) is 4.79 Å². The Hall–Kier alpha value is -1.71. The van der Waals surface area contributed by atoms with Gasteiger partial charge in [-0.3, -0.25) is 4.79 Å². The highest BCUT2D eigenvalue weighted by atomic mass is 16.5. The van der Waals surface area contributed by atoms with Gasteiger partial charge in [-0.05, 0) is 38.8 Å². The highest BCUT2D eigenvalue weighted by Gasteiger charge is 2.15. The van der Waals surface area contributed by atoms with Crippen molar-refractivity contribution in [2.75, 3.05) is 11.9 Å². The number of carbonyl (C=O) groups is 1. The molecule has 0 radical (unpaired) electrons. The zero-order valence-electron chi connectivity index (χ0n) is 13.0. The molecule has 1 aromatic carbocycles. The topological polar surface area (TPSA) is 50.4 Å². The van der Waals surface area contributed by atoms with Crippen LogP contribution in [0, 0.1) is 0 Å². The van der Waals surface area contributed by atoms with Crippen molar-refractivity contribution in [1.29, 1.82) is 0 Å². The molecule has 116 valence electrons. The molecule has 1 fully saturated rings. The molecule has 1 aliphatic carbocycles. The highest BCUT2D eigenvalue weighted by Crippen LogP contribution is 2.24. The molecule has 4 heteroatoms. The molecule has 4 nitrogen and oxygen atoms in total. The van der Waals surface area contributed by atoms with Crippen molar-refractivity contribution < 1.29 is 9.53 Å². The van der Waals surface area contributed by atoms with E-state index in [0.29, 0.717) is 6.04 Å². The molecular formula is C17H26N2O2. The summed E-state index contributed by atoms with van der Waals surface area (Å²) >= 11 is 0. The van der Waals surface area contributed by atoms with Crippen LogP contribution in [0.15, 0.2) is 24.3 Å². The van der Waals surface area contributed by atoms with Crippen LogP contribution < -0.4 is 15.4 Å². The van der Waals surface area contributed by atoms with Gasteiger partial charge in [0.05, 0.1) is 18.3 Å². The Bertz CT molecular complexity index is 454. The van der Waals surface area contributed by atoms with E-state index in [0.717, 1.165) is 24.3 Å². The second-order valence-electron chi connectivity index (χ2n) is 5.92. The molecule has 0 aliphatic heterocycles. The summed E-state index contributed by atoms with van der Waals surface area (Å²) in [5.74, 6) is 0.846. The maximum absolute atomic E-state index is 12.0. The summed E-state index contributed by atoms with van der Waals surface area (Å²) in [7, 11) is 0. The lowest BCUT2D eigenvalue weighted by molar-refractivity contribution is -0.120. The summed E-state index contributed by atoms with van der Waals surface area (Å²) in [5.41, 5.74) is 0.866. The number of para-hydroxylation sites is 2. The number of nitrogens with one attached hydrogen (secondary N) is 2. The van der Waals surface area contributed by atoms with Crippen LogP contribution >= 0.6 is 0 Å². The largest absolute Gasteiger partial charge is 0.489 e. The molecule has 0 saturated heterocycles. The zero-order chi connectivity index (χ0) is 15.1. The van der Waals surface area contributed by atoms with Crippen molar-refractivity contribution >= 4 is 11.6 Å². The molecule has 0 bridgehead atoms. The van der Waals surface area contributed by atoms with Crippen molar-refractivity contribution in [2.45, 2.75) is 58.1 Å². The van der Waals surface area contributed by atoms with Gasteiger partial charge < -0.3 is 15.4 Å². The van der Waals surface area contributed by atoms with Gasteiger partial charge in [-0.2, -0.15) is 0 Å². The Labute approximate surface area is 127 Å². The SMILES string of the molecule is CC(C)Oc1ccccc1NCC(=O)NC1CCCCC1. The Morgan fingerprint density at radius 2 is 1.95 bits per heavy atom. The van der Waals surface area contributed by atoms with Crippen molar-refractivity contribution in [3.05, 3.63) is 24.3 Å². The minimum absolute atomic E-state index is 0.0567. The fraction of sp³-hybridized carbons (Fsp3) is 0.588. The lowest BCUT2D eigenvalue weighted by Crippen LogP contribution is -2.39. The second-order valence-corrected chi connectivity index (χ2v) is 5.92. The van der Waals surface area contributed by atoms with E-state index in [4.69, 9.17) is 4.74 Å². The third-order valence-corrected chi connectivity index (χ3v) is 3.66. The van der Waals surface area contributed by atoms with Crippen LogP contribution in [-0.2, 0) is 4.79 Å². The van der Waals surface area contributed by atoms with E-state index < -0.39 is 0 Å². The average molecular weight is 290 g/mol.